The minimum atomic E-state index is -1.10. The molecule has 0 bridgehead atoms. The fraction of sp³-hybridized carbons (Fsp3) is 0.273. The molecule has 0 saturated carbocycles. The Morgan fingerprint density at radius 2 is 2.06 bits per heavy atom. The minimum absolute atomic E-state index is 0.397. The number of carboxylic acid groups (broad SMARTS) is 1. The molecule has 5 nitrogen and oxygen atoms in total. The van der Waals surface area contributed by atoms with E-state index in [9.17, 15) is 9.59 Å². The smallest absolute Gasteiger partial charge is 0.325 e. The topological polar surface area (TPSA) is 78.4 Å². The Labute approximate surface area is 104 Å². The summed E-state index contributed by atoms with van der Waals surface area (Å²) in [5, 5.41) is 13.8. The van der Waals surface area contributed by atoms with E-state index in [0.29, 0.717) is 10.7 Å². The highest BCUT2D eigenvalue weighted by atomic mass is 35.5. The Bertz CT molecular complexity index is 448. The van der Waals surface area contributed by atoms with Crippen LogP contribution in [0.2, 0.25) is 5.02 Å². The van der Waals surface area contributed by atoms with E-state index >= 15 is 0 Å². The molecule has 0 radical (unpaired) electrons. The number of aryl methyl sites for hydroxylation is 1. The average Bonchev–Trinajstić information content (AvgIpc) is 2.23. The van der Waals surface area contributed by atoms with Crippen molar-refractivity contribution >= 4 is 29.3 Å². The fourth-order valence-corrected chi connectivity index (χ4v) is 1.32. The highest BCUT2D eigenvalue weighted by Gasteiger charge is 2.14. The van der Waals surface area contributed by atoms with Gasteiger partial charge in [0.2, 0.25) is 0 Å². The number of carbonyl (C=O) groups excluding carboxylic acids is 1. The van der Waals surface area contributed by atoms with E-state index in [1.807, 2.05) is 13.0 Å². The molecule has 0 saturated heterocycles. The zero-order valence-corrected chi connectivity index (χ0v) is 10.2. The van der Waals surface area contributed by atoms with Gasteiger partial charge in [0, 0.05) is 0 Å². The Morgan fingerprint density at radius 1 is 1.41 bits per heavy atom. The standard InChI is InChI=1S/C11H13ClN2O3/c1-6-3-4-8(12)9(5-6)14-11(17)13-7(2)10(15)16/h3-5,7H,1-2H3,(H,15,16)(H2,13,14,17)/t7-/m0/s1. The predicted molar refractivity (Wildman–Crippen MR) is 65.4 cm³/mol. The zero-order valence-electron chi connectivity index (χ0n) is 9.45. The lowest BCUT2D eigenvalue weighted by Crippen LogP contribution is -2.40. The molecule has 0 fully saturated rings. The van der Waals surface area contributed by atoms with Gasteiger partial charge in [0.05, 0.1) is 10.7 Å². The third kappa shape index (κ3) is 3.96. The largest absolute Gasteiger partial charge is 0.480 e. The Kier molecular flexibility index (Phi) is 4.34. The van der Waals surface area contributed by atoms with Crippen LogP contribution in [-0.2, 0) is 4.79 Å². The van der Waals surface area contributed by atoms with E-state index in [1.165, 1.54) is 6.92 Å². The number of hydrogen-bond acceptors (Lipinski definition) is 2. The van der Waals surface area contributed by atoms with Crippen LogP contribution in [0.3, 0.4) is 0 Å². The molecule has 1 rings (SSSR count). The molecule has 0 spiro atoms. The third-order valence-corrected chi connectivity index (χ3v) is 2.42. The first-order valence-electron chi connectivity index (χ1n) is 4.96. The molecule has 1 aromatic rings. The summed E-state index contributed by atoms with van der Waals surface area (Å²) in [5.74, 6) is -1.10. The maximum Gasteiger partial charge on any atom is 0.325 e. The van der Waals surface area contributed by atoms with Crippen molar-refractivity contribution in [1.82, 2.24) is 5.32 Å². The molecule has 0 heterocycles. The van der Waals surface area contributed by atoms with Gasteiger partial charge in [-0.3, -0.25) is 4.79 Å². The highest BCUT2D eigenvalue weighted by molar-refractivity contribution is 6.33. The molecule has 6 heteroatoms. The molecule has 92 valence electrons. The van der Waals surface area contributed by atoms with E-state index in [0.717, 1.165) is 5.56 Å². The SMILES string of the molecule is Cc1ccc(Cl)c(NC(=O)N[C@@H](C)C(=O)O)c1. The van der Waals surface area contributed by atoms with Crippen molar-refractivity contribution in [2.24, 2.45) is 0 Å². The Morgan fingerprint density at radius 3 is 2.65 bits per heavy atom. The second-order valence-electron chi connectivity index (χ2n) is 3.64. The van der Waals surface area contributed by atoms with Gasteiger partial charge in [-0.05, 0) is 31.5 Å². The van der Waals surface area contributed by atoms with E-state index in [4.69, 9.17) is 16.7 Å². The van der Waals surface area contributed by atoms with Crippen LogP contribution in [0.1, 0.15) is 12.5 Å². The van der Waals surface area contributed by atoms with Crippen LogP contribution in [0, 0.1) is 6.92 Å². The lowest BCUT2D eigenvalue weighted by molar-refractivity contribution is -0.138. The monoisotopic (exact) mass is 256 g/mol. The first kappa shape index (κ1) is 13.3. The number of rotatable bonds is 3. The van der Waals surface area contributed by atoms with E-state index in [2.05, 4.69) is 10.6 Å². The lowest BCUT2D eigenvalue weighted by Gasteiger charge is -2.12. The Balaban J connectivity index is 2.68. The predicted octanol–water partition coefficient (Wildman–Crippen LogP) is 2.24. The molecular formula is C11H13ClN2O3. The van der Waals surface area contributed by atoms with Crippen LogP contribution in [-0.4, -0.2) is 23.1 Å². The van der Waals surface area contributed by atoms with E-state index in [-0.39, 0.29) is 0 Å². The van der Waals surface area contributed by atoms with Gasteiger partial charge in [0.15, 0.2) is 0 Å². The molecule has 1 aromatic carbocycles. The summed E-state index contributed by atoms with van der Waals surface area (Å²) < 4.78 is 0. The van der Waals surface area contributed by atoms with Gasteiger partial charge in [0.1, 0.15) is 6.04 Å². The van der Waals surface area contributed by atoms with Gasteiger partial charge < -0.3 is 15.7 Å². The van der Waals surface area contributed by atoms with Gasteiger partial charge in [0.25, 0.3) is 0 Å². The van der Waals surface area contributed by atoms with Crippen LogP contribution in [0.15, 0.2) is 18.2 Å². The van der Waals surface area contributed by atoms with Crippen molar-refractivity contribution in [2.45, 2.75) is 19.9 Å². The Hall–Kier alpha value is -1.75. The van der Waals surface area contributed by atoms with Crippen LogP contribution in [0.25, 0.3) is 0 Å². The normalized spacial score (nSPS) is 11.7. The molecule has 0 aromatic heterocycles. The average molecular weight is 257 g/mol. The number of halogens is 1. The summed E-state index contributed by atoms with van der Waals surface area (Å²) in [5.41, 5.74) is 1.39. The number of amides is 2. The highest BCUT2D eigenvalue weighted by Crippen LogP contribution is 2.22. The summed E-state index contributed by atoms with van der Waals surface area (Å²) in [7, 11) is 0. The minimum Gasteiger partial charge on any atom is -0.480 e. The van der Waals surface area contributed by atoms with Crippen LogP contribution < -0.4 is 10.6 Å². The van der Waals surface area contributed by atoms with Crippen molar-refractivity contribution in [3.05, 3.63) is 28.8 Å². The van der Waals surface area contributed by atoms with Crippen LogP contribution in [0.4, 0.5) is 10.5 Å². The van der Waals surface area contributed by atoms with Crippen molar-refractivity contribution in [1.29, 1.82) is 0 Å². The lowest BCUT2D eigenvalue weighted by atomic mass is 10.2. The van der Waals surface area contributed by atoms with Gasteiger partial charge in [-0.2, -0.15) is 0 Å². The number of nitrogens with one attached hydrogen (secondary N) is 2. The fourth-order valence-electron chi connectivity index (χ4n) is 1.15. The zero-order chi connectivity index (χ0) is 13.0. The van der Waals surface area contributed by atoms with Crippen molar-refractivity contribution in [3.8, 4) is 0 Å². The van der Waals surface area contributed by atoms with Gasteiger partial charge in [-0.15, -0.1) is 0 Å². The van der Waals surface area contributed by atoms with E-state index < -0.39 is 18.0 Å². The van der Waals surface area contributed by atoms with Crippen molar-refractivity contribution in [2.75, 3.05) is 5.32 Å². The number of hydrogen-bond donors (Lipinski definition) is 3. The summed E-state index contributed by atoms with van der Waals surface area (Å²) in [6, 6.07) is 3.61. The van der Waals surface area contributed by atoms with Crippen LogP contribution in [0.5, 0.6) is 0 Å². The second-order valence-corrected chi connectivity index (χ2v) is 4.05. The summed E-state index contributed by atoms with van der Waals surface area (Å²) >= 11 is 5.88. The first-order chi connectivity index (χ1) is 7.90. The molecule has 17 heavy (non-hydrogen) atoms. The summed E-state index contributed by atoms with van der Waals surface area (Å²) in [6.45, 7) is 3.24. The number of anilines is 1. The van der Waals surface area contributed by atoms with Gasteiger partial charge in [-0.1, -0.05) is 17.7 Å². The van der Waals surface area contributed by atoms with E-state index in [1.54, 1.807) is 12.1 Å². The molecule has 0 aliphatic rings. The van der Waals surface area contributed by atoms with Gasteiger partial charge >= 0.3 is 12.0 Å². The van der Waals surface area contributed by atoms with Crippen molar-refractivity contribution < 1.29 is 14.7 Å². The van der Waals surface area contributed by atoms with Crippen molar-refractivity contribution in [3.63, 3.8) is 0 Å². The quantitative estimate of drug-likeness (QED) is 0.776. The molecule has 3 N–H and O–H groups in total. The number of urea groups is 1. The third-order valence-electron chi connectivity index (χ3n) is 2.09. The maximum atomic E-state index is 11.4. The first-order valence-corrected chi connectivity index (χ1v) is 5.34. The number of aliphatic carboxylic acids is 1. The van der Waals surface area contributed by atoms with Crippen LogP contribution >= 0.6 is 11.6 Å². The number of carbonyl (C=O) groups is 2. The number of benzene rings is 1. The maximum absolute atomic E-state index is 11.4. The molecule has 0 unspecified atom stereocenters. The summed E-state index contributed by atoms with van der Waals surface area (Å²) in [4.78, 5) is 22.0. The molecule has 1 atom stereocenters. The van der Waals surface area contributed by atoms with Gasteiger partial charge in [-0.25, -0.2) is 4.79 Å². The molecule has 0 aliphatic carbocycles. The molecule has 2 amide bonds. The molecular weight excluding hydrogens is 244 g/mol. The second kappa shape index (κ2) is 5.54. The molecule has 0 aliphatic heterocycles. The number of carboxylic acids is 1. The summed E-state index contributed by atoms with van der Waals surface area (Å²) in [6.07, 6.45) is 0.